The van der Waals surface area contributed by atoms with Crippen molar-refractivity contribution in [3.63, 3.8) is 0 Å². The second-order valence-electron chi connectivity index (χ2n) is 6.40. The van der Waals surface area contributed by atoms with Crippen LogP contribution in [0.5, 0.6) is 0 Å². The first-order chi connectivity index (χ1) is 10.2. The smallest absolute Gasteiger partial charge is 0.191 e. The molecule has 0 aromatic rings. The van der Waals surface area contributed by atoms with E-state index in [0.717, 1.165) is 51.6 Å². The van der Waals surface area contributed by atoms with Crippen LogP contribution in [0.15, 0.2) is 4.99 Å². The van der Waals surface area contributed by atoms with Crippen LogP contribution in [0.1, 0.15) is 46.5 Å². The molecule has 0 bridgehead atoms. The summed E-state index contributed by atoms with van der Waals surface area (Å²) in [4.78, 5) is 7.28. The molecule has 5 heteroatoms. The van der Waals surface area contributed by atoms with Crippen molar-refractivity contribution in [2.24, 2.45) is 4.99 Å². The lowest BCUT2D eigenvalue weighted by Crippen LogP contribution is -2.45. The molecule has 2 saturated heterocycles. The minimum Gasteiger partial charge on any atom is -0.373 e. The zero-order valence-corrected chi connectivity index (χ0v) is 14.0. The lowest BCUT2D eigenvalue weighted by molar-refractivity contribution is 0.0283. The summed E-state index contributed by atoms with van der Waals surface area (Å²) in [5.74, 6) is 0.928. The van der Waals surface area contributed by atoms with Gasteiger partial charge in [-0.3, -0.25) is 9.89 Å². The van der Waals surface area contributed by atoms with Crippen molar-refractivity contribution in [3.8, 4) is 0 Å². The van der Waals surface area contributed by atoms with Crippen LogP contribution in [-0.4, -0.2) is 61.8 Å². The van der Waals surface area contributed by atoms with Crippen molar-refractivity contribution < 1.29 is 4.74 Å². The molecule has 21 heavy (non-hydrogen) atoms. The van der Waals surface area contributed by atoms with Crippen LogP contribution >= 0.6 is 0 Å². The van der Waals surface area contributed by atoms with Gasteiger partial charge in [-0.25, -0.2) is 0 Å². The van der Waals surface area contributed by atoms with E-state index in [0.29, 0.717) is 6.04 Å². The van der Waals surface area contributed by atoms with Crippen LogP contribution in [0.25, 0.3) is 0 Å². The monoisotopic (exact) mass is 296 g/mol. The third-order valence-corrected chi connectivity index (χ3v) is 4.63. The van der Waals surface area contributed by atoms with E-state index in [-0.39, 0.29) is 5.60 Å². The number of nitrogens with zero attached hydrogens (tertiary/aromatic N) is 2. The minimum atomic E-state index is -0.0643. The molecular formula is C16H32N4O. The Morgan fingerprint density at radius 1 is 1.33 bits per heavy atom. The first kappa shape index (κ1) is 16.6. The van der Waals surface area contributed by atoms with Gasteiger partial charge in [0.15, 0.2) is 5.96 Å². The molecule has 2 aliphatic heterocycles. The van der Waals surface area contributed by atoms with E-state index < -0.39 is 0 Å². The quantitative estimate of drug-likeness (QED) is 0.577. The van der Waals surface area contributed by atoms with E-state index in [1.807, 2.05) is 0 Å². The summed E-state index contributed by atoms with van der Waals surface area (Å²) in [6.07, 6.45) is 4.88. The molecule has 122 valence electrons. The zero-order chi connectivity index (χ0) is 15.1. The number of hydrogen-bond donors (Lipinski definition) is 2. The Bertz CT molecular complexity index is 339. The molecule has 0 saturated carbocycles. The van der Waals surface area contributed by atoms with Crippen molar-refractivity contribution in [1.82, 2.24) is 15.5 Å². The molecule has 0 aliphatic carbocycles. The van der Waals surface area contributed by atoms with Gasteiger partial charge >= 0.3 is 0 Å². The largest absolute Gasteiger partial charge is 0.373 e. The standard InChI is InChI=1S/C16H32N4O/c1-4-17-15(19-13-16(3)9-7-11-21-16)18-12-14-8-6-10-20(14)5-2/h14H,4-13H2,1-3H3,(H2,17,18,19). The summed E-state index contributed by atoms with van der Waals surface area (Å²) in [6.45, 7) is 12.4. The number of hydrogen-bond acceptors (Lipinski definition) is 3. The normalized spacial score (nSPS) is 30.8. The van der Waals surface area contributed by atoms with Gasteiger partial charge in [0.25, 0.3) is 0 Å². The Kier molecular flexibility index (Phi) is 6.30. The predicted molar refractivity (Wildman–Crippen MR) is 87.8 cm³/mol. The predicted octanol–water partition coefficient (Wildman–Crippen LogP) is 1.59. The summed E-state index contributed by atoms with van der Waals surface area (Å²) >= 11 is 0. The number of aliphatic imine (C=N–C) groups is 1. The number of guanidine groups is 1. The van der Waals surface area contributed by atoms with Gasteiger partial charge in [0.1, 0.15) is 0 Å². The molecule has 0 radical (unpaired) electrons. The van der Waals surface area contributed by atoms with Crippen molar-refractivity contribution >= 4 is 5.96 Å². The molecular weight excluding hydrogens is 264 g/mol. The number of likely N-dealkylation sites (N-methyl/N-ethyl adjacent to an activating group) is 1. The van der Waals surface area contributed by atoms with E-state index in [4.69, 9.17) is 9.73 Å². The van der Waals surface area contributed by atoms with Gasteiger partial charge in [0.05, 0.1) is 12.1 Å². The van der Waals surface area contributed by atoms with Crippen molar-refractivity contribution in [3.05, 3.63) is 0 Å². The van der Waals surface area contributed by atoms with E-state index in [2.05, 4.69) is 36.3 Å². The number of ether oxygens (including phenoxy) is 1. The summed E-state index contributed by atoms with van der Waals surface area (Å²) in [7, 11) is 0. The van der Waals surface area contributed by atoms with Gasteiger partial charge in [-0.05, 0) is 52.6 Å². The van der Waals surface area contributed by atoms with E-state index in [1.54, 1.807) is 0 Å². The van der Waals surface area contributed by atoms with Gasteiger partial charge in [0.2, 0.25) is 0 Å². The molecule has 2 aliphatic rings. The molecule has 2 atom stereocenters. The van der Waals surface area contributed by atoms with E-state index in [1.165, 1.54) is 19.4 Å². The molecule has 2 fully saturated rings. The fraction of sp³-hybridized carbons (Fsp3) is 0.938. The molecule has 0 aromatic heterocycles. The Morgan fingerprint density at radius 3 is 2.86 bits per heavy atom. The second-order valence-corrected chi connectivity index (χ2v) is 6.40. The van der Waals surface area contributed by atoms with Crippen molar-refractivity contribution in [2.75, 3.05) is 39.3 Å². The summed E-state index contributed by atoms with van der Waals surface area (Å²) in [6, 6.07) is 0.650. The van der Waals surface area contributed by atoms with Gasteiger partial charge in [0, 0.05) is 25.7 Å². The van der Waals surface area contributed by atoms with Gasteiger partial charge in [-0.2, -0.15) is 0 Å². The van der Waals surface area contributed by atoms with E-state index in [9.17, 15) is 0 Å². The maximum Gasteiger partial charge on any atom is 0.191 e. The van der Waals surface area contributed by atoms with Crippen molar-refractivity contribution in [1.29, 1.82) is 0 Å². The fourth-order valence-corrected chi connectivity index (χ4v) is 3.31. The molecule has 0 amide bonds. The topological polar surface area (TPSA) is 48.9 Å². The summed E-state index contributed by atoms with van der Waals surface area (Å²) < 4.78 is 5.81. The first-order valence-corrected chi connectivity index (χ1v) is 8.57. The SMILES string of the molecule is CCNC(=NCC1(C)CCCO1)NCC1CCCN1CC. The van der Waals surface area contributed by atoms with Crippen LogP contribution < -0.4 is 10.6 Å². The highest BCUT2D eigenvalue weighted by Gasteiger charge is 2.29. The van der Waals surface area contributed by atoms with Gasteiger partial charge < -0.3 is 15.4 Å². The highest BCUT2D eigenvalue weighted by Crippen LogP contribution is 2.25. The Hall–Kier alpha value is -0.810. The Balaban J connectivity index is 1.83. The molecule has 0 aromatic carbocycles. The number of nitrogens with one attached hydrogen (secondary N) is 2. The lowest BCUT2D eigenvalue weighted by Gasteiger charge is -2.25. The fourth-order valence-electron chi connectivity index (χ4n) is 3.31. The molecule has 2 unspecified atom stereocenters. The van der Waals surface area contributed by atoms with Gasteiger partial charge in [-0.1, -0.05) is 6.92 Å². The number of likely N-dealkylation sites (tertiary alicyclic amines) is 1. The van der Waals surface area contributed by atoms with E-state index >= 15 is 0 Å². The number of rotatable bonds is 6. The second kappa shape index (κ2) is 7.99. The summed E-state index contributed by atoms with van der Waals surface area (Å²) in [5, 5.41) is 6.86. The van der Waals surface area contributed by atoms with Crippen LogP contribution in [-0.2, 0) is 4.74 Å². The third-order valence-electron chi connectivity index (χ3n) is 4.63. The van der Waals surface area contributed by atoms with Gasteiger partial charge in [-0.15, -0.1) is 0 Å². The van der Waals surface area contributed by atoms with Crippen LogP contribution in [0, 0.1) is 0 Å². The molecule has 5 nitrogen and oxygen atoms in total. The molecule has 2 N–H and O–H groups in total. The highest BCUT2D eigenvalue weighted by atomic mass is 16.5. The average Bonchev–Trinajstić information content (AvgIpc) is 3.11. The molecule has 2 heterocycles. The maximum absolute atomic E-state index is 5.81. The Morgan fingerprint density at radius 2 is 2.19 bits per heavy atom. The maximum atomic E-state index is 5.81. The highest BCUT2D eigenvalue weighted by molar-refractivity contribution is 5.79. The zero-order valence-electron chi connectivity index (χ0n) is 14.0. The van der Waals surface area contributed by atoms with Crippen LogP contribution in [0.3, 0.4) is 0 Å². The Labute approximate surface area is 129 Å². The van der Waals surface area contributed by atoms with Crippen LogP contribution in [0.2, 0.25) is 0 Å². The minimum absolute atomic E-state index is 0.0643. The van der Waals surface area contributed by atoms with Crippen molar-refractivity contribution in [2.45, 2.75) is 58.1 Å². The summed E-state index contributed by atoms with van der Waals surface area (Å²) in [5.41, 5.74) is -0.0643. The molecule has 2 rings (SSSR count). The van der Waals surface area contributed by atoms with Crippen LogP contribution in [0.4, 0.5) is 0 Å². The third kappa shape index (κ3) is 4.85. The first-order valence-electron chi connectivity index (χ1n) is 8.57. The lowest BCUT2D eigenvalue weighted by atomic mass is 10.0. The molecule has 0 spiro atoms. The average molecular weight is 296 g/mol.